The maximum atomic E-state index is 12.7. The van der Waals surface area contributed by atoms with Gasteiger partial charge in [0.1, 0.15) is 23.9 Å². The number of nitrogens with zero attached hydrogens (tertiary/aromatic N) is 2. The number of amides is 1. The number of carbonyl (C=O) groups excluding carboxylic acids is 1. The fourth-order valence-corrected chi connectivity index (χ4v) is 4.02. The average molecular weight is 452 g/mol. The summed E-state index contributed by atoms with van der Waals surface area (Å²) in [6.45, 7) is 2.55. The Balaban J connectivity index is 1.33. The predicted octanol–water partition coefficient (Wildman–Crippen LogP) is 5.94. The summed E-state index contributed by atoms with van der Waals surface area (Å²) in [7, 11) is 1.62. The number of aromatic nitrogens is 1. The number of benzene rings is 3. The lowest BCUT2D eigenvalue weighted by atomic mass is 10.1. The van der Waals surface area contributed by atoms with Gasteiger partial charge in [0.2, 0.25) is 5.91 Å². The first-order valence-corrected chi connectivity index (χ1v) is 11.1. The van der Waals surface area contributed by atoms with Gasteiger partial charge in [-0.3, -0.25) is 9.69 Å². The Labute approximate surface area is 198 Å². The molecular weight excluding hydrogens is 426 g/mol. The van der Waals surface area contributed by atoms with Crippen LogP contribution in [0.5, 0.6) is 11.5 Å². The maximum Gasteiger partial charge on any atom is 0.236 e. The van der Waals surface area contributed by atoms with Crippen molar-refractivity contribution in [3.63, 3.8) is 0 Å². The lowest BCUT2D eigenvalue weighted by Gasteiger charge is -2.19. The number of aryl methyl sites for hydroxylation is 1. The van der Waals surface area contributed by atoms with E-state index in [1.54, 1.807) is 18.2 Å². The second kappa shape index (κ2) is 9.27. The van der Waals surface area contributed by atoms with Crippen LogP contribution in [0.3, 0.4) is 0 Å². The molecule has 6 heteroatoms. The molecule has 0 atom stereocenters. The van der Waals surface area contributed by atoms with Gasteiger partial charge in [-0.25, -0.2) is 4.98 Å². The second-order valence-electron chi connectivity index (χ2n) is 8.18. The third-order valence-corrected chi connectivity index (χ3v) is 5.83. The van der Waals surface area contributed by atoms with Gasteiger partial charge in [-0.1, -0.05) is 30.3 Å². The van der Waals surface area contributed by atoms with E-state index in [0.717, 1.165) is 45.3 Å². The highest BCUT2D eigenvalue weighted by Crippen LogP contribution is 2.37. The van der Waals surface area contributed by atoms with Crippen molar-refractivity contribution in [3.8, 4) is 11.5 Å². The number of nitrogens with one attached hydrogen (secondary N) is 1. The molecule has 1 aliphatic heterocycles. The van der Waals surface area contributed by atoms with E-state index in [1.165, 1.54) is 0 Å². The van der Waals surface area contributed by atoms with E-state index in [9.17, 15) is 4.79 Å². The lowest BCUT2D eigenvalue weighted by molar-refractivity contribution is -0.116. The quantitative estimate of drug-likeness (QED) is 0.377. The Morgan fingerprint density at radius 3 is 2.47 bits per heavy atom. The highest BCUT2D eigenvalue weighted by Gasteiger charge is 2.29. The van der Waals surface area contributed by atoms with E-state index in [4.69, 9.17) is 9.47 Å². The molecule has 170 valence electrons. The first-order valence-electron chi connectivity index (χ1n) is 11.1. The van der Waals surface area contributed by atoms with E-state index >= 15 is 0 Å². The molecule has 0 bridgehead atoms. The molecule has 0 aliphatic carbocycles. The van der Waals surface area contributed by atoms with Crippen molar-refractivity contribution in [2.24, 2.45) is 0 Å². The molecule has 4 aromatic rings. The third-order valence-electron chi connectivity index (χ3n) is 5.83. The fraction of sp³-hybridized carbons (Fsp3) is 0.143. The van der Waals surface area contributed by atoms with Crippen LogP contribution in [0.4, 0.5) is 22.9 Å². The van der Waals surface area contributed by atoms with Gasteiger partial charge in [-0.05, 0) is 60.5 Å². The normalized spacial score (nSPS) is 12.4. The standard InChI is InChI=1S/C28H25N3O3/c1-19-14-24(34-18-20-6-4-3-5-7-20)12-13-25(19)30-27-16-26-21(17-29-27)15-28(32)31(26)22-8-10-23(33-2)11-9-22/h3-14,16-17H,15,18H2,1-2H3,(H,29,30). The molecular formula is C28H25N3O3. The lowest BCUT2D eigenvalue weighted by Crippen LogP contribution is -2.20. The summed E-state index contributed by atoms with van der Waals surface area (Å²) >= 11 is 0. The molecule has 5 rings (SSSR count). The summed E-state index contributed by atoms with van der Waals surface area (Å²) in [5.74, 6) is 2.26. The smallest absolute Gasteiger partial charge is 0.236 e. The van der Waals surface area contributed by atoms with Gasteiger partial charge in [0.15, 0.2) is 0 Å². The van der Waals surface area contributed by atoms with Crippen molar-refractivity contribution in [1.29, 1.82) is 0 Å². The van der Waals surface area contributed by atoms with Gasteiger partial charge in [0, 0.05) is 29.2 Å². The largest absolute Gasteiger partial charge is 0.497 e. The number of fused-ring (bicyclic) bond motifs is 1. The minimum absolute atomic E-state index is 0.0233. The molecule has 0 unspecified atom stereocenters. The van der Waals surface area contributed by atoms with Crippen LogP contribution in [0.15, 0.2) is 85.1 Å². The number of methoxy groups -OCH3 is 1. The van der Waals surface area contributed by atoms with Crippen LogP contribution in [0.2, 0.25) is 0 Å². The minimum atomic E-state index is 0.0233. The number of pyridine rings is 1. The number of hydrogen-bond donors (Lipinski definition) is 1. The molecule has 0 fully saturated rings. The highest BCUT2D eigenvalue weighted by molar-refractivity contribution is 6.07. The topological polar surface area (TPSA) is 63.7 Å². The van der Waals surface area contributed by atoms with Gasteiger partial charge < -0.3 is 14.8 Å². The first kappa shape index (κ1) is 21.5. The Bertz CT molecular complexity index is 1320. The van der Waals surface area contributed by atoms with Crippen molar-refractivity contribution in [3.05, 3.63) is 102 Å². The van der Waals surface area contributed by atoms with Gasteiger partial charge >= 0.3 is 0 Å². The summed E-state index contributed by atoms with van der Waals surface area (Å²) < 4.78 is 11.2. The van der Waals surface area contributed by atoms with Crippen LogP contribution in [-0.2, 0) is 17.8 Å². The molecule has 0 saturated heterocycles. The molecule has 2 heterocycles. The van der Waals surface area contributed by atoms with Crippen molar-refractivity contribution in [1.82, 2.24) is 4.98 Å². The number of rotatable bonds is 7. The SMILES string of the molecule is COc1ccc(N2C(=O)Cc3cnc(Nc4ccc(OCc5ccccc5)cc4C)cc32)cc1. The molecule has 1 aromatic heterocycles. The van der Waals surface area contributed by atoms with Crippen LogP contribution in [-0.4, -0.2) is 18.0 Å². The van der Waals surface area contributed by atoms with Gasteiger partial charge in [-0.15, -0.1) is 0 Å². The van der Waals surface area contributed by atoms with E-state index in [0.29, 0.717) is 18.8 Å². The number of anilines is 4. The molecule has 1 aliphatic rings. The Hall–Kier alpha value is -4.32. The number of ether oxygens (including phenoxy) is 2. The van der Waals surface area contributed by atoms with Crippen molar-refractivity contribution in [2.45, 2.75) is 20.0 Å². The zero-order valence-electron chi connectivity index (χ0n) is 19.1. The minimum Gasteiger partial charge on any atom is -0.497 e. The van der Waals surface area contributed by atoms with Gasteiger partial charge in [0.25, 0.3) is 0 Å². The Morgan fingerprint density at radius 1 is 0.971 bits per heavy atom. The molecule has 34 heavy (non-hydrogen) atoms. The molecule has 0 radical (unpaired) electrons. The summed E-state index contributed by atoms with van der Waals surface area (Å²) in [5.41, 5.74) is 5.65. The fourth-order valence-electron chi connectivity index (χ4n) is 4.02. The van der Waals surface area contributed by atoms with Crippen LogP contribution < -0.4 is 19.7 Å². The Morgan fingerprint density at radius 2 is 1.74 bits per heavy atom. The first-order chi connectivity index (χ1) is 16.6. The molecule has 6 nitrogen and oxygen atoms in total. The van der Waals surface area contributed by atoms with Crippen molar-refractivity contribution in [2.75, 3.05) is 17.3 Å². The van der Waals surface area contributed by atoms with Gasteiger partial charge in [-0.2, -0.15) is 0 Å². The molecule has 3 aromatic carbocycles. The van der Waals surface area contributed by atoms with Crippen LogP contribution in [0.25, 0.3) is 0 Å². The van der Waals surface area contributed by atoms with E-state index in [1.807, 2.05) is 85.8 Å². The van der Waals surface area contributed by atoms with E-state index < -0.39 is 0 Å². The average Bonchev–Trinajstić information content (AvgIpc) is 3.20. The zero-order valence-corrected chi connectivity index (χ0v) is 19.1. The van der Waals surface area contributed by atoms with Crippen LogP contribution in [0, 0.1) is 6.92 Å². The summed E-state index contributed by atoms with van der Waals surface area (Å²) in [6.07, 6.45) is 2.10. The molecule has 1 amide bonds. The van der Waals surface area contributed by atoms with E-state index in [-0.39, 0.29) is 5.91 Å². The zero-order chi connectivity index (χ0) is 23.5. The summed E-state index contributed by atoms with van der Waals surface area (Å²) in [4.78, 5) is 19.0. The predicted molar refractivity (Wildman–Crippen MR) is 133 cm³/mol. The molecule has 1 N–H and O–H groups in total. The van der Waals surface area contributed by atoms with Crippen LogP contribution in [0.1, 0.15) is 16.7 Å². The third kappa shape index (κ3) is 4.43. The number of hydrogen-bond acceptors (Lipinski definition) is 5. The highest BCUT2D eigenvalue weighted by atomic mass is 16.5. The molecule has 0 spiro atoms. The van der Waals surface area contributed by atoms with Crippen molar-refractivity contribution < 1.29 is 14.3 Å². The maximum absolute atomic E-state index is 12.7. The Kier molecular flexibility index (Phi) is 5.87. The molecule has 0 saturated carbocycles. The second-order valence-corrected chi connectivity index (χ2v) is 8.18. The van der Waals surface area contributed by atoms with Gasteiger partial charge in [0.05, 0.1) is 19.2 Å². The van der Waals surface area contributed by atoms with Crippen molar-refractivity contribution >= 4 is 28.8 Å². The summed E-state index contributed by atoms with van der Waals surface area (Å²) in [6, 6.07) is 25.4. The van der Waals surface area contributed by atoms with E-state index in [2.05, 4.69) is 10.3 Å². The summed E-state index contributed by atoms with van der Waals surface area (Å²) in [5, 5.41) is 3.38. The monoisotopic (exact) mass is 451 g/mol. The van der Waals surface area contributed by atoms with Crippen LogP contribution >= 0.6 is 0 Å². The number of carbonyl (C=O) groups is 1.